The first-order valence-electron chi connectivity index (χ1n) is 12.8. The van der Waals surface area contributed by atoms with Crippen molar-refractivity contribution in [2.45, 2.75) is 84.0 Å². The van der Waals surface area contributed by atoms with E-state index in [4.69, 9.17) is 5.73 Å². The van der Waals surface area contributed by atoms with E-state index in [1.54, 1.807) is 0 Å². The summed E-state index contributed by atoms with van der Waals surface area (Å²) in [6.45, 7) is 18.4. The van der Waals surface area contributed by atoms with Crippen molar-refractivity contribution >= 4 is 0 Å². The van der Waals surface area contributed by atoms with Crippen molar-refractivity contribution in [3.05, 3.63) is 105 Å². The zero-order valence-electron chi connectivity index (χ0n) is 22.1. The molecule has 0 fully saturated rings. The fourth-order valence-electron chi connectivity index (χ4n) is 6.42. The fraction of sp³-hybridized carbons (Fsp3) is 0.394. The average Bonchev–Trinajstić information content (AvgIpc) is 3.22. The minimum absolute atomic E-state index is 0.0757. The predicted octanol–water partition coefficient (Wildman–Crippen LogP) is 8.25. The number of hydrogen-bond acceptors (Lipinski definition) is 1. The molecule has 3 aromatic rings. The predicted molar refractivity (Wildman–Crippen MR) is 146 cm³/mol. The molecule has 3 aromatic carbocycles. The number of aryl methyl sites for hydroxylation is 1. The molecule has 1 atom stereocenters. The van der Waals surface area contributed by atoms with Gasteiger partial charge in [-0.1, -0.05) is 109 Å². The molecule has 1 unspecified atom stereocenters. The lowest BCUT2D eigenvalue weighted by Gasteiger charge is -2.34. The molecule has 0 saturated carbocycles. The molecule has 176 valence electrons. The van der Waals surface area contributed by atoms with Crippen LogP contribution in [0.4, 0.5) is 0 Å². The van der Waals surface area contributed by atoms with E-state index in [1.165, 1.54) is 55.6 Å². The van der Waals surface area contributed by atoms with Crippen molar-refractivity contribution in [1.82, 2.24) is 0 Å². The van der Waals surface area contributed by atoms with Crippen LogP contribution >= 0.6 is 0 Å². The van der Waals surface area contributed by atoms with Crippen LogP contribution < -0.4 is 5.73 Å². The topological polar surface area (TPSA) is 26.0 Å². The summed E-state index contributed by atoms with van der Waals surface area (Å²) in [4.78, 5) is 0. The van der Waals surface area contributed by atoms with Crippen molar-refractivity contribution in [1.29, 1.82) is 0 Å². The standard InChI is InChI=1S/C33H39N/c1-9-23-24-13-10-20(2)16-27(24)33(30(23)19-34)28-17-21(31(3,4)5)11-14-25(28)26-15-12-22(18-29(26)33)32(6,7)8/h10-19,23H,9,34H2,1-8H3/b30-19+. The van der Waals surface area contributed by atoms with Crippen LogP contribution in [-0.4, -0.2) is 0 Å². The molecular weight excluding hydrogens is 410 g/mol. The lowest BCUT2D eigenvalue weighted by Crippen LogP contribution is -2.29. The van der Waals surface area contributed by atoms with Crippen molar-refractivity contribution < 1.29 is 0 Å². The monoisotopic (exact) mass is 449 g/mol. The van der Waals surface area contributed by atoms with E-state index < -0.39 is 0 Å². The van der Waals surface area contributed by atoms with Crippen molar-refractivity contribution in [2.24, 2.45) is 5.73 Å². The average molecular weight is 450 g/mol. The van der Waals surface area contributed by atoms with E-state index in [1.807, 2.05) is 6.20 Å². The molecule has 2 aliphatic rings. The maximum Gasteiger partial charge on any atom is 0.0699 e. The normalized spacial score (nSPS) is 19.4. The van der Waals surface area contributed by atoms with Crippen LogP contribution in [0.3, 0.4) is 0 Å². The third-order valence-electron chi connectivity index (χ3n) is 8.25. The Labute approximate surface area is 206 Å². The number of rotatable bonds is 1. The van der Waals surface area contributed by atoms with E-state index in [0.29, 0.717) is 5.92 Å². The molecule has 0 bridgehead atoms. The maximum atomic E-state index is 6.57. The first-order valence-corrected chi connectivity index (χ1v) is 12.8. The highest BCUT2D eigenvalue weighted by molar-refractivity contribution is 5.89. The zero-order valence-corrected chi connectivity index (χ0v) is 22.1. The van der Waals surface area contributed by atoms with Crippen LogP contribution in [0, 0.1) is 6.92 Å². The van der Waals surface area contributed by atoms with Crippen LogP contribution in [0.5, 0.6) is 0 Å². The van der Waals surface area contributed by atoms with E-state index >= 15 is 0 Å². The van der Waals surface area contributed by atoms with Gasteiger partial charge < -0.3 is 5.73 Å². The van der Waals surface area contributed by atoms with Gasteiger partial charge in [0.2, 0.25) is 0 Å². The van der Waals surface area contributed by atoms with Crippen LogP contribution in [0.1, 0.15) is 99.7 Å². The van der Waals surface area contributed by atoms with Crippen molar-refractivity contribution in [3.63, 3.8) is 0 Å². The van der Waals surface area contributed by atoms with Gasteiger partial charge in [0.25, 0.3) is 0 Å². The van der Waals surface area contributed by atoms with Gasteiger partial charge in [-0.2, -0.15) is 0 Å². The summed E-state index contributed by atoms with van der Waals surface area (Å²) in [7, 11) is 0. The van der Waals surface area contributed by atoms with Crippen LogP contribution in [0.25, 0.3) is 11.1 Å². The second kappa shape index (κ2) is 7.35. The summed E-state index contributed by atoms with van der Waals surface area (Å²) < 4.78 is 0. The molecule has 0 aromatic heterocycles. The molecule has 5 rings (SSSR count). The molecule has 1 spiro atoms. The molecule has 1 heteroatoms. The highest BCUT2D eigenvalue weighted by Gasteiger charge is 2.55. The summed E-state index contributed by atoms with van der Waals surface area (Å²) in [5, 5.41) is 0. The minimum atomic E-state index is -0.329. The highest BCUT2D eigenvalue weighted by atomic mass is 14.6. The lowest BCUT2D eigenvalue weighted by atomic mass is 9.68. The first kappa shape index (κ1) is 23.0. The Hall–Kier alpha value is -2.80. The Morgan fingerprint density at radius 2 is 1.29 bits per heavy atom. The second-order valence-electron chi connectivity index (χ2n) is 12.4. The van der Waals surface area contributed by atoms with Gasteiger partial charge in [0, 0.05) is 5.92 Å². The van der Waals surface area contributed by atoms with Gasteiger partial charge >= 0.3 is 0 Å². The summed E-state index contributed by atoms with van der Waals surface area (Å²) in [5.41, 5.74) is 20.2. The minimum Gasteiger partial charge on any atom is -0.405 e. The zero-order chi connectivity index (χ0) is 24.6. The third-order valence-corrected chi connectivity index (χ3v) is 8.25. The van der Waals surface area contributed by atoms with Gasteiger partial charge in [0.15, 0.2) is 0 Å². The molecule has 0 radical (unpaired) electrons. The Bertz CT molecular complexity index is 1260. The van der Waals surface area contributed by atoms with Gasteiger partial charge in [0.05, 0.1) is 5.41 Å². The molecule has 34 heavy (non-hydrogen) atoms. The van der Waals surface area contributed by atoms with Crippen LogP contribution in [-0.2, 0) is 16.2 Å². The summed E-state index contributed by atoms with van der Waals surface area (Å²) in [5.74, 6) is 0.330. The van der Waals surface area contributed by atoms with Gasteiger partial charge in [0.1, 0.15) is 0 Å². The summed E-state index contributed by atoms with van der Waals surface area (Å²) >= 11 is 0. The Kier molecular flexibility index (Phi) is 4.96. The number of hydrogen-bond donors (Lipinski definition) is 1. The van der Waals surface area contributed by atoms with E-state index in [9.17, 15) is 0 Å². The quantitative estimate of drug-likeness (QED) is 0.397. The molecule has 2 N–H and O–H groups in total. The molecule has 0 saturated heterocycles. The number of benzene rings is 3. The number of nitrogens with two attached hydrogens (primary N) is 1. The highest BCUT2D eigenvalue weighted by Crippen LogP contribution is 2.65. The smallest absolute Gasteiger partial charge is 0.0699 e. The van der Waals surface area contributed by atoms with Gasteiger partial charge in [-0.05, 0) is 80.5 Å². The molecule has 2 aliphatic carbocycles. The lowest BCUT2D eigenvalue weighted by molar-refractivity contribution is 0.585. The van der Waals surface area contributed by atoms with Gasteiger partial charge in [-0.25, -0.2) is 0 Å². The van der Waals surface area contributed by atoms with E-state index in [-0.39, 0.29) is 16.2 Å². The van der Waals surface area contributed by atoms with Crippen LogP contribution in [0.15, 0.2) is 66.4 Å². The van der Waals surface area contributed by atoms with E-state index in [2.05, 4.69) is 110 Å². The van der Waals surface area contributed by atoms with Gasteiger partial charge in [-0.15, -0.1) is 0 Å². The molecule has 1 nitrogen and oxygen atoms in total. The number of allylic oxidation sites excluding steroid dienone is 1. The fourth-order valence-corrected chi connectivity index (χ4v) is 6.42. The van der Waals surface area contributed by atoms with Crippen molar-refractivity contribution in [2.75, 3.05) is 0 Å². The Balaban J connectivity index is 1.97. The maximum absolute atomic E-state index is 6.57. The molecular formula is C33H39N. The van der Waals surface area contributed by atoms with Gasteiger partial charge in [-0.3, -0.25) is 0 Å². The molecule has 0 heterocycles. The summed E-state index contributed by atoms with van der Waals surface area (Å²) in [6, 6.07) is 21.4. The first-order chi connectivity index (χ1) is 15.9. The van der Waals surface area contributed by atoms with Crippen LogP contribution in [0.2, 0.25) is 0 Å². The molecule has 0 aliphatic heterocycles. The Morgan fingerprint density at radius 3 is 1.74 bits per heavy atom. The largest absolute Gasteiger partial charge is 0.405 e. The SMILES string of the molecule is CCC1/C(=C\N)C2(c3cc(C(C)(C)C)ccc3-c3ccc(C(C)(C)C)cc32)c2cc(C)ccc21. The Morgan fingerprint density at radius 1 is 0.765 bits per heavy atom. The number of fused-ring (bicyclic) bond motifs is 7. The molecule has 0 amide bonds. The third kappa shape index (κ3) is 2.98. The van der Waals surface area contributed by atoms with E-state index in [0.717, 1.165) is 6.42 Å². The van der Waals surface area contributed by atoms with Crippen molar-refractivity contribution in [3.8, 4) is 11.1 Å². The second-order valence-corrected chi connectivity index (χ2v) is 12.4. The summed E-state index contributed by atoms with van der Waals surface area (Å²) in [6.07, 6.45) is 2.99.